The van der Waals surface area contributed by atoms with Crippen LogP contribution in [0.4, 0.5) is 5.69 Å². The summed E-state index contributed by atoms with van der Waals surface area (Å²) in [5.74, 6) is 0. The molecule has 2 atom stereocenters. The Kier molecular flexibility index (Phi) is 4.13. The second kappa shape index (κ2) is 5.48. The summed E-state index contributed by atoms with van der Waals surface area (Å²) in [5, 5.41) is 3.43. The molecule has 106 valence electrons. The van der Waals surface area contributed by atoms with Gasteiger partial charge >= 0.3 is 0 Å². The van der Waals surface area contributed by atoms with Gasteiger partial charge in [-0.3, -0.25) is 0 Å². The minimum atomic E-state index is -3.35. The van der Waals surface area contributed by atoms with Crippen LogP contribution in [0.5, 0.6) is 0 Å². The molecule has 2 rings (SSSR count). The molecule has 2 unspecified atom stereocenters. The third-order valence-corrected chi connectivity index (χ3v) is 4.94. The predicted molar refractivity (Wildman–Crippen MR) is 77.0 cm³/mol. The van der Waals surface area contributed by atoms with E-state index in [4.69, 9.17) is 0 Å². The highest BCUT2D eigenvalue weighted by atomic mass is 32.2. The molecule has 1 aliphatic rings. The van der Waals surface area contributed by atoms with E-state index in [-0.39, 0.29) is 0 Å². The van der Waals surface area contributed by atoms with Gasteiger partial charge in [0.2, 0.25) is 10.0 Å². The van der Waals surface area contributed by atoms with Gasteiger partial charge in [0.1, 0.15) is 0 Å². The Bertz CT molecular complexity index is 527. The van der Waals surface area contributed by atoms with Gasteiger partial charge in [-0.05, 0) is 45.2 Å². The zero-order chi connectivity index (χ0) is 14.0. The van der Waals surface area contributed by atoms with Crippen molar-refractivity contribution in [3.63, 3.8) is 0 Å². The maximum absolute atomic E-state index is 11.7. The Labute approximate surface area is 115 Å². The van der Waals surface area contributed by atoms with Crippen LogP contribution in [0.15, 0.2) is 29.2 Å². The fourth-order valence-corrected chi connectivity index (χ4v) is 3.05. The number of benzene rings is 1. The van der Waals surface area contributed by atoms with Crippen molar-refractivity contribution in [1.29, 1.82) is 0 Å². The Morgan fingerprint density at radius 1 is 1.26 bits per heavy atom. The maximum atomic E-state index is 11.7. The van der Waals surface area contributed by atoms with Crippen LogP contribution < -0.4 is 14.9 Å². The molecule has 2 N–H and O–H groups in total. The second-order valence-electron chi connectivity index (χ2n) is 5.01. The molecule has 0 saturated carbocycles. The zero-order valence-corrected chi connectivity index (χ0v) is 12.4. The van der Waals surface area contributed by atoms with Crippen LogP contribution in [0.3, 0.4) is 0 Å². The summed E-state index contributed by atoms with van der Waals surface area (Å²) in [6.45, 7) is 6.19. The average molecular weight is 283 g/mol. The summed E-state index contributed by atoms with van der Waals surface area (Å²) in [7, 11) is -1.93. The standard InChI is InChI=1S/C13H21N3O2S/c1-10-9-16(11(2)8-15-10)12-4-6-13(7-5-12)19(17,18)14-3/h4-7,10-11,14-15H,8-9H2,1-3H3. The van der Waals surface area contributed by atoms with Crippen molar-refractivity contribution in [2.45, 2.75) is 30.8 Å². The van der Waals surface area contributed by atoms with E-state index in [1.165, 1.54) is 7.05 Å². The second-order valence-corrected chi connectivity index (χ2v) is 6.90. The number of rotatable bonds is 3. The van der Waals surface area contributed by atoms with E-state index in [1.54, 1.807) is 12.1 Å². The Morgan fingerprint density at radius 3 is 2.47 bits per heavy atom. The van der Waals surface area contributed by atoms with E-state index < -0.39 is 10.0 Å². The number of hydrogen-bond donors (Lipinski definition) is 2. The SMILES string of the molecule is CNS(=O)(=O)c1ccc(N2CC(C)NCC2C)cc1. The molecule has 1 heterocycles. The fourth-order valence-electron chi connectivity index (χ4n) is 2.32. The third kappa shape index (κ3) is 3.08. The van der Waals surface area contributed by atoms with Crippen molar-refractivity contribution in [3.8, 4) is 0 Å². The largest absolute Gasteiger partial charge is 0.366 e. The van der Waals surface area contributed by atoms with E-state index in [0.29, 0.717) is 17.0 Å². The lowest BCUT2D eigenvalue weighted by molar-refractivity contribution is 0.425. The molecule has 0 spiro atoms. The summed E-state index contributed by atoms with van der Waals surface area (Å²) < 4.78 is 25.7. The lowest BCUT2D eigenvalue weighted by Gasteiger charge is -2.39. The first kappa shape index (κ1) is 14.3. The number of anilines is 1. The van der Waals surface area contributed by atoms with Gasteiger partial charge in [0.15, 0.2) is 0 Å². The minimum Gasteiger partial charge on any atom is -0.366 e. The highest BCUT2D eigenvalue weighted by Crippen LogP contribution is 2.21. The highest BCUT2D eigenvalue weighted by molar-refractivity contribution is 7.89. The molecule has 0 radical (unpaired) electrons. The van der Waals surface area contributed by atoms with Crippen LogP contribution in [0.2, 0.25) is 0 Å². The van der Waals surface area contributed by atoms with Gasteiger partial charge in [0.05, 0.1) is 4.90 Å². The summed E-state index contributed by atoms with van der Waals surface area (Å²) in [4.78, 5) is 2.60. The molecule has 0 amide bonds. The van der Waals surface area contributed by atoms with Gasteiger partial charge in [-0.2, -0.15) is 0 Å². The summed E-state index contributed by atoms with van der Waals surface area (Å²) >= 11 is 0. The Balaban J connectivity index is 2.23. The zero-order valence-electron chi connectivity index (χ0n) is 11.6. The Morgan fingerprint density at radius 2 is 1.89 bits per heavy atom. The molecule has 0 aromatic heterocycles. The number of sulfonamides is 1. The molecule has 5 nitrogen and oxygen atoms in total. The predicted octanol–water partition coefficient (Wildman–Crippen LogP) is 0.781. The van der Waals surface area contributed by atoms with E-state index in [9.17, 15) is 8.42 Å². The first-order valence-corrected chi connectivity index (χ1v) is 7.96. The number of nitrogens with one attached hydrogen (secondary N) is 2. The van der Waals surface area contributed by atoms with Crippen LogP contribution in [-0.2, 0) is 10.0 Å². The van der Waals surface area contributed by atoms with Crippen molar-refractivity contribution < 1.29 is 8.42 Å². The molecule has 1 aromatic rings. The van der Waals surface area contributed by atoms with Crippen LogP contribution in [0, 0.1) is 0 Å². The average Bonchev–Trinajstić information content (AvgIpc) is 2.42. The lowest BCUT2D eigenvalue weighted by Crippen LogP contribution is -2.54. The van der Waals surface area contributed by atoms with E-state index >= 15 is 0 Å². The molecule has 19 heavy (non-hydrogen) atoms. The minimum absolute atomic E-state index is 0.301. The number of nitrogens with zero attached hydrogens (tertiary/aromatic N) is 1. The summed E-state index contributed by atoms with van der Waals surface area (Å²) in [6.07, 6.45) is 0. The highest BCUT2D eigenvalue weighted by Gasteiger charge is 2.22. The Hall–Kier alpha value is -1.11. The van der Waals surface area contributed by atoms with Crippen molar-refractivity contribution in [2.75, 3.05) is 25.0 Å². The molecule has 6 heteroatoms. The van der Waals surface area contributed by atoms with Crippen LogP contribution >= 0.6 is 0 Å². The first-order valence-electron chi connectivity index (χ1n) is 6.47. The molecular formula is C13H21N3O2S. The van der Waals surface area contributed by atoms with Gasteiger partial charge in [0.25, 0.3) is 0 Å². The summed E-state index contributed by atoms with van der Waals surface area (Å²) in [5.41, 5.74) is 1.07. The summed E-state index contributed by atoms with van der Waals surface area (Å²) in [6, 6.07) is 7.90. The first-order chi connectivity index (χ1) is 8.94. The molecular weight excluding hydrogens is 262 g/mol. The molecule has 1 fully saturated rings. The smallest absolute Gasteiger partial charge is 0.240 e. The fraction of sp³-hybridized carbons (Fsp3) is 0.538. The van der Waals surface area contributed by atoms with Gasteiger partial charge in [-0.15, -0.1) is 0 Å². The van der Waals surface area contributed by atoms with Gasteiger partial charge in [-0.25, -0.2) is 13.1 Å². The maximum Gasteiger partial charge on any atom is 0.240 e. The third-order valence-electron chi connectivity index (χ3n) is 3.51. The van der Waals surface area contributed by atoms with Crippen molar-refractivity contribution >= 4 is 15.7 Å². The van der Waals surface area contributed by atoms with Crippen molar-refractivity contribution in [2.24, 2.45) is 0 Å². The number of piperazine rings is 1. The molecule has 0 bridgehead atoms. The van der Waals surface area contributed by atoms with Crippen LogP contribution in [0.1, 0.15) is 13.8 Å². The van der Waals surface area contributed by atoms with Crippen LogP contribution in [-0.4, -0.2) is 40.6 Å². The van der Waals surface area contributed by atoms with Gasteiger partial charge < -0.3 is 10.2 Å². The molecule has 1 saturated heterocycles. The van der Waals surface area contributed by atoms with E-state index in [2.05, 4.69) is 28.8 Å². The molecule has 1 aromatic carbocycles. The van der Waals surface area contributed by atoms with Crippen molar-refractivity contribution in [3.05, 3.63) is 24.3 Å². The number of hydrogen-bond acceptors (Lipinski definition) is 4. The van der Waals surface area contributed by atoms with Crippen LogP contribution in [0.25, 0.3) is 0 Å². The topological polar surface area (TPSA) is 61.4 Å². The van der Waals surface area contributed by atoms with E-state index in [0.717, 1.165) is 18.8 Å². The van der Waals surface area contributed by atoms with Crippen molar-refractivity contribution in [1.82, 2.24) is 10.0 Å². The molecule has 0 aliphatic carbocycles. The molecule has 1 aliphatic heterocycles. The van der Waals surface area contributed by atoms with Gasteiger partial charge in [-0.1, -0.05) is 0 Å². The lowest BCUT2D eigenvalue weighted by atomic mass is 10.1. The monoisotopic (exact) mass is 283 g/mol. The van der Waals surface area contributed by atoms with E-state index in [1.807, 2.05) is 12.1 Å². The van der Waals surface area contributed by atoms with Gasteiger partial charge in [0, 0.05) is 30.9 Å². The quantitative estimate of drug-likeness (QED) is 0.860. The normalized spacial score (nSPS) is 24.5.